The second-order valence-corrected chi connectivity index (χ2v) is 5.04. The Hall–Kier alpha value is -2.56. The molecule has 1 aromatic heterocycles. The van der Waals surface area contributed by atoms with Crippen molar-refractivity contribution in [1.29, 1.82) is 0 Å². The van der Waals surface area contributed by atoms with Gasteiger partial charge in [0.2, 0.25) is 0 Å². The van der Waals surface area contributed by atoms with Crippen LogP contribution in [-0.2, 0) is 6.54 Å². The van der Waals surface area contributed by atoms with Crippen molar-refractivity contribution in [2.24, 2.45) is 0 Å². The molecular formula is C16H17NO4. The van der Waals surface area contributed by atoms with Crippen LogP contribution in [0, 0.1) is 0 Å². The highest BCUT2D eigenvalue weighted by Gasteiger charge is 2.16. The SMILES string of the molecule is CC(C)c1occc1C(=O)NCc1ccc(C(=O)O)cc1. The van der Waals surface area contributed by atoms with Crippen molar-refractivity contribution in [3.05, 3.63) is 59.0 Å². The summed E-state index contributed by atoms with van der Waals surface area (Å²) in [6.07, 6.45) is 1.51. The van der Waals surface area contributed by atoms with E-state index in [-0.39, 0.29) is 17.4 Å². The van der Waals surface area contributed by atoms with E-state index in [9.17, 15) is 9.59 Å². The van der Waals surface area contributed by atoms with Gasteiger partial charge in [-0.15, -0.1) is 0 Å². The molecule has 0 unspecified atom stereocenters. The van der Waals surface area contributed by atoms with Crippen LogP contribution in [0.25, 0.3) is 0 Å². The molecule has 1 heterocycles. The Kier molecular flexibility index (Phi) is 4.42. The second kappa shape index (κ2) is 6.26. The van der Waals surface area contributed by atoms with Crippen LogP contribution < -0.4 is 5.32 Å². The Balaban J connectivity index is 2.00. The number of aromatic carboxylic acids is 1. The van der Waals surface area contributed by atoms with Crippen LogP contribution in [-0.4, -0.2) is 17.0 Å². The molecular weight excluding hydrogens is 270 g/mol. The minimum atomic E-state index is -0.967. The molecule has 0 atom stereocenters. The number of nitrogens with one attached hydrogen (secondary N) is 1. The van der Waals surface area contributed by atoms with Gasteiger partial charge in [0.15, 0.2) is 0 Å². The number of carboxylic acid groups (broad SMARTS) is 1. The summed E-state index contributed by atoms with van der Waals surface area (Å²) >= 11 is 0. The predicted molar refractivity (Wildman–Crippen MR) is 77.4 cm³/mol. The van der Waals surface area contributed by atoms with E-state index >= 15 is 0 Å². The summed E-state index contributed by atoms with van der Waals surface area (Å²) < 4.78 is 5.32. The number of carboxylic acids is 1. The van der Waals surface area contributed by atoms with Crippen molar-refractivity contribution in [2.45, 2.75) is 26.3 Å². The third-order valence-electron chi connectivity index (χ3n) is 3.12. The van der Waals surface area contributed by atoms with Crippen LogP contribution in [0.1, 0.15) is 51.8 Å². The fourth-order valence-corrected chi connectivity index (χ4v) is 2.00. The molecule has 2 N–H and O–H groups in total. The van der Waals surface area contributed by atoms with Gasteiger partial charge in [-0.1, -0.05) is 26.0 Å². The van der Waals surface area contributed by atoms with Crippen molar-refractivity contribution < 1.29 is 19.1 Å². The Morgan fingerprint density at radius 2 is 1.86 bits per heavy atom. The van der Waals surface area contributed by atoms with Gasteiger partial charge >= 0.3 is 5.97 Å². The van der Waals surface area contributed by atoms with E-state index in [1.807, 2.05) is 13.8 Å². The Morgan fingerprint density at radius 3 is 2.43 bits per heavy atom. The highest BCUT2D eigenvalue weighted by atomic mass is 16.4. The van der Waals surface area contributed by atoms with Crippen molar-refractivity contribution in [1.82, 2.24) is 5.32 Å². The summed E-state index contributed by atoms with van der Waals surface area (Å²) in [5, 5.41) is 11.6. The molecule has 0 saturated heterocycles. The van der Waals surface area contributed by atoms with Crippen LogP contribution in [0.2, 0.25) is 0 Å². The lowest BCUT2D eigenvalue weighted by Crippen LogP contribution is -2.23. The minimum absolute atomic E-state index is 0.135. The Labute approximate surface area is 122 Å². The molecule has 2 rings (SSSR count). The number of carbonyl (C=O) groups is 2. The maximum Gasteiger partial charge on any atom is 0.335 e. The normalized spacial score (nSPS) is 10.6. The summed E-state index contributed by atoms with van der Waals surface area (Å²) in [6.45, 7) is 4.25. The van der Waals surface area contributed by atoms with Gasteiger partial charge in [0.25, 0.3) is 5.91 Å². The van der Waals surface area contributed by atoms with E-state index in [0.717, 1.165) is 5.56 Å². The fourth-order valence-electron chi connectivity index (χ4n) is 2.00. The summed E-state index contributed by atoms with van der Waals surface area (Å²) in [6, 6.07) is 8.05. The molecule has 5 nitrogen and oxygen atoms in total. The maximum atomic E-state index is 12.1. The number of carbonyl (C=O) groups excluding carboxylic acids is 1. The van der Waals surface area contributed by atoms with Gasteiger partial charge in [0.1, 0.15) is 5.76 Å². The van der Waals surface area contributed by atoms with Crippen LogP contribution in [0.4, 0.5) is 0 Å². The average Bonchev–Trinajstić information content (AvgIpc) is 2.95. The van der Waals surface area contributed by atoms with E-state index in [4.69, 9.17) is 9.52 Å². The van der Waals surface area contributed by atoms with Crippen LogP contribution >= 0.6 is 0 Å². The molecule has 110 valence electrons. The second-order valence-electron chi connectivity index (χ2n) is 5.04. The molecule has 21 heavy (non-hydrogen) atoms. The number of furan rings is 1. The van der Waals surface area contributed by atoms with Gasteiger partial charge in [-0.3, -0.25) is 4.79 Å². The van der Waals surface area contributed by atoms with Crippen LogP contribution in [0.15, 0.2) is 41.0 Å². The van der Waals surface area contributed by atoms with E-state index in [0.29, 0.717) is 17.9 Å². The quantitative estimate of drug-likeness (QED) is 0.885. The number of amides is 1. The summed E-state index contributed by atoms with van der Waals surface area (Å²) in [7, 11) is 0. The van der Waals surface area contributed by atoms with E-state index in [1.165, 1.54) is 18.4 Å². The third kappa shape index (κ3) is 3.51. The zero-order chi connectivity index (χ0) is 15.4. The highest BCUT2D eigenvalue weighted by molar-refractivity contribution is 5.95. The fraction of sp³-hybridized carbons (Fsp3) is 0.250. The van der Waals surface area contributed by atoms with E-state index in [1.54, 1.807) is 18.2 Å². The Bertz CT molecular complexity index is 641. The molecule has 0 saturated carbocycles. The first kappa shape index (κ1) is 14.8. The molecule has 0 aliphatic carbocycles. The van der Waals surface area contributed by atoms with E-state index < -0.39 is 5.97 Å². The molecule has 0 aliphatic rings. The van der Waals surface area contributed by atoms with Gasteiger partial charge in [0.05, 0.1) is 17.4 Å². The first-order chi connectivity index (χ1) is 9.99. The summed E-state index contributed by atoms with van der Waals surface area (Å²) in [4.78, 5) is 22.9. The number of rotatable bonds is 5. The van der Waals surface area contributed by atoms with Crippen LogP contribution in [0.3, 0.4) is 0 Å². The lowest BCUT2D eigenvalue weighted by molar-refractivity contribution is 0.0696. The minimum Gasteiger partial charge on any atom is -0.478 e. The van der Waals surface area contributed by atoms with Crippen molar-refractivity contribution in [3.8, 4) is 0 Å². The molecule has 1 amide bonds. The zero-order valence-corrected chi connectivity index (χ0v) is 11.9. The number of benzene rings is 1. The molecule has 0 spiro atoms. The van der Waals surface area contributed by atoms with E-state index in [2.05, 4.69) is 5.32 Å². The third-order valence-corrected chi connectivity index (χ3v) is 3.12. The van der Waals surface area contributed by atoms with Crippen molar-refractivity contribution >= 4 is 11.9 Å². The molecule has 0 radical (unpaired) electrons. The molecule has 0 bridgehead atoms. The largest absolute Gasteiger partial charge is 0.478 e. The zero-order valence-electron chi connectivity index (χ0n) is 11.9. The van der Waals surface area contributed by atoms with Crippen molar-refractivity contribution in [3.63, 3.8) is 0 Å². The number of hydrogen-bond acceptors (Lipinski definition) is 3. The van der Waals surface area contributed by atoms with Gasteiger partial charge in [-0.2, -0.15) is 0 Å². The Morgan fingerprint density at radius 1 is 1.19 bits per heavy atom. The topological polar surface area (TPSA) is 79.5 Å². The smallest absolute Gasteiger partial charge is 0.335 e. The van der Waals surface area contributed by atoms with Gasteiger partial charge in [-0.25, -0.2) is 4.79 Å². The molecule has 5 heteroatoms. The molecule has 0 fully saturated rings. The van der Waals surface area contributed by atoms with Crippen molar-refractivity contribution in [2.75, 3.05) is 0 Å². The monoisotopic (exact) mass is 287 g/mol. The van der Waals surface area contributed by atoms with Gasteiger partial charge < -0.3 is 14.8 Å². The highest BCUT2D eigenvalue weighted by Crippen LogP contribution is 2.20. The molecule has 0 aliphatic heterocycles. The summed E-state index contributed by atoms with van der Waals surface area (Å²) in [5.74, 6) is -0.371. The lowest BCUT2D eigenvalue weighted by atomic mass is 10.1. The molecule has 2 aromatic rings. The van der Waals surface area contributed by atoms with Gasteiger partial charge in [-0.05, 0) is 23.8 Å². The number of hydrogen-bond donors (Lipinski definition) is 2. The lowest BCUT2D eigenvalue weighted by Gasteiger charge is -2.07. The van der Waals surface area contributed by atoms with Gasteiger partial charge in [0, 0.05) is 12.5 Å². The first-order valence-corrected chi connectivity index (χ1v) is 6.67. The molecule has 1 aromatic carbocycles. The first-order valence-electron chi connectivity index (χ1n) is 6.67. The average molecular weight is 287 g/mol. The van der Waals surface area contributed by atoms with Crippen LogP contribution in [0.5, 0.6) is 0 Å². The maximum absolute atomic E-state index is 12.1. The predicted octanol–water partition coefficient (Wildman–Crippen LogP) is 3.03. The summed E-state index contributed by atoms with van der Waals surface area (Å²) in [5.41, 5.74) is 1.59. The standard InChI is InChI=1S/C16H17NO4/c1-10(2)14-13(7-8-21-14)15(18)17-9-11-3-5-12(6-4-11)16(19)20/h3-8,10H,9H2,1-2H3,(H,17,18)(H,19,20).